The molecule has 0 aliphatic carbocycles. The minimum atomic E-state index is 0.377. The van der Waals surface area contributed by atoms with Gasteiger partial charge in [0.1, 0.15) is 0 Å². The molecule has 0 amide bonds. The smallest absolute Gasteiger partial charge is 0.194 e. The first-order chi connectivity index (χ1) is 11.6. The molecule has 0 spiro atoms. The van der Waals surface area contributed by atoms with Crippen molar-refractivity contribution in [3.05, 3.63) is 48.3 Å². The average Bonchev–Trinajstić information content (AvgIpc) is 3.21. The maximum Gasteiger partial charge on any atom is 0.194 e. The maximum atomic E-state index is 4.83. The molecule has 3 rings (SSSR count). The van der Waals surface area contributed by atoms with E-state index in [1.807, 2.05) is 16.9 Å². The first-order valence-corrected chi connectivity index (χ1v) is 8.70. The molecule has 2 heterocycles. The molecule has 1 aromatic heterocycles. The van der Waals surface area contributed by atoms with Gasteiger partial charge in [0.25, 0.3) is 0 Å². The van der Waals surface area contributed by atoms with Crippen LogP contribution in [0.4, 0.5) is 0 Å². The molecular weight excluding hydrogens is 298 g/mol. The molecule has 5 heteroatoms. The van der Waals surface area contributed by atoms with Gasteiger partial charge in [0, 0.05) is 32.0 Å². The van der Waals surface area contributed by atoms with Gasteiger partial charge < -0.3 is 10.2 Å². The third-order valence-corrected chi connectivity index (χ3v) is 4.43. The van der Waals surface area contributed by atoms with E-state index in [1.54, 1.807) is 6.20 Å². The summed E-state index contributed by atoms with van der Waals surface area (Å²) in [7, 11) is 0. The quantitative estimate of drug-likeness (QED) is 0.694. The van der Waals surface area contributed by atoms with Gasteiger partial charge in [-0.1, -0.05) is 26.0 Å². The van der Waals surface area contributed by atoms with Gasteiger partial charge in [-0.3, -0.25) is 0 Å². The highest BCUT2D eigenvalue weighted by atomic mass is 15.3. The minimum Gasteiger partial charge on any atom is -0.357 e. The van der Waals surface area contributed by atoms with E-state index >= 15 is 0 Å². The second kappa shape index (κ2) is 7.07. The van der Waals surface area contributed by atoms with Crippen molar-refractivity contribution in [3.8, 4) is 5.69 Å². The predicted octanol–water partition coefficient (Wildman–Crippen LogP) is 3.07. The Labute approximate surface area is 144 Å². The van der Waals surface area contributed by atoms with Crippen LogP contribution in [0.5, 0.6) is 0 Å². The molecule has 0 atom stereocenters. The molecule has 1 fully saturated rings. The second-order valence-electron chi connectivity index (χ2n) is 7.12. The molecule has 128 valence electrons. The van der Waals surface area contributed by atoms with Gasteiger partial charge in [-0.15, -0.1) is 0 Å². The van der Waals surface area contributed by atoms with Gasteiger partial charge in [0.05, 0.1) is 12.2 Å². The predicted molar refractivity (Wildman–Crippen MR) is 98.4 cm³/mol. The molecule has 1 N–H and O–H groups in total. The van der Waals surface area contributed by atoms with Gasteiger partial charge in [-0.25, -0.2) is 9.67 Å². The Bertz CT molecular complexity index is 670. The molecular formula is C19H27N5. The van der Waals surface area contributed by atoms with Gasteiger partial charge >= 0.3 is 0 Å². The van der Waals surface area contributed by atoms with Gasteiger partial charge in [0.15, 0.2) is 5.96 Å². The Hall–Kier alpha value is -2.30. The number of hydrogen-bond acceptors (Lipinski definition) is 2. The normalized spacial score (nSPS) is 17.3. The largest absolute Gasteiger partial charge is 0.357 e. The molecule has 24 heavy (non-hydrogen) atoms. The highest BCUT2D eigenvalue weighted by Gasteiger charge is 2.30. The summed E-state index contributed by atoms with van der Waals surface area (Å²) in [6.07, 6.45) is 4.96. The number of nitrogens with one attached hydrogen (secondary N) is 1. The number of likely N-dealkylation sites (tertiary alicyclic amines) is 1. The third-order valence-electron chi connectivity index (χ3n) is 4.43. The van der Waals surface area contributed by atoms with Crippen LogP contribution in [-0.4, -0.2) is 40.3 Å². The number of guanidine groups is 1. The van der Waals surface area contributed by atoms with E-state index in [9.17, 15) is 0 Å². The van der Waals surface area contributed by atoms with Gasteiger partial charge in [-0.05, 0) is 42.5 Å². The highest BCUT2D eigenvalue weighted by molar-refractivity contribution is 5.80. The Morgan fingerprint density at radius 3 is 2.67 bits per heavy atom. The van der Waals surface area contributed by atoms with Gasteiger partial charge in [-0.2, -0.15) is 5.10 Å². The monoisotopic (exact) mass is 325 g/mol. The first kappa shape index (κ1) is 16.6. The fourth-order valence-corrected chi connectivity index (χ4v) is 3.06. The lowest BCUT2D eigenvalue weighted by Crippen LogP contribution is -2.40. The van der Waals surface area contributed by atoms with Crippen molar-refractivity contribution in [2.75, 3.05) is 19.6 Å². The van der Waals surface area contributed by atoms with Crippen LogP contribution in [0.3, 0.4) is 0 Å². The van der Waals surface area contributed by atoms with E-state index < -0.39 is 0 Å². The lowest BCUT2D eigenvalue weighted by molar-refractivity contribution is 0.370. The molecule has 1 saturated heterocycles. The maximum absolute atomic E-state index is 4.83. The zero-order chi connectivity index (χ0) is 17.0. The van der Waals surface area contributed by atoms with E-state index in [-0.39, 0.29) is 0 Å². The van der Waals surface area contributed by atoms with Crippen LogP contribution in [0, 0.1) is 5.41 Å². The Morgan fingerprint density at radius 2 is 2.08 bits per heavy atom. The van der Waals surface area contributed by atoms with E-state index in [4.69, 9.17) is 4.99 Å². The second-order valence-corrected chi connectivity index (χ2v) is 7.12. The topological polar surface area (TPSA) is 45.5 Å². The standard InChI is InChI=1S/C19H27N5/c1-4-20-18(23-13-10-19(2,3)15-23)21-14-16-6-8-17(9-7-16)24-12-5-11-22-24/h5-9,11-12H,4,10,13-15H2,1-3H3,(H,20,21). The van der Waals surface area contributed by atoms with Crippen molar-refractivity contribution in [3.63, 3.8) is 0 Å². The van der Waals surface area contributed by atoms with E-state index in [2.05, 4.69) is 60.4 Å². The van der Waals surface area contributed by atoms with Crippen LogP contribution < -0.4 is 5.32 Å². The molecule has 1 aliphatic heterocycles. The summed E-state index contributed by atoms with van der Waals surface area (Å²) in [5.41, 5.74) is 2.66. The Balaban J connectivity index is 1.68. The Kier molecular flexibility index (Phi) is 4.88. The van der Waals surface area contributed by atoms with Crippen molar-refractivity contribution >= 4 is 5.96 Å². The molecule has 0 bridgehead atoms. The zero-order valence-corrected chi connectivity index (χ0v) is 14.9. The SMILES string of the molecule is CCNC(=NCc1ccc(-n2cccn2)cc1)N1CCC(C)(C)C1. The number of benzene rings is 1. The summed E-state index contributed by atoms with van der Waals surface area (Å²) in [4.78, 5) is 7.21. The van der Waals surface area contributed by atoms with Crippen LogP contribution in [0.25, 0.3) is 5.69 Å². The summed E-state index contributed by atoms with van der Waals surface area (Å²) in [6.45, 7) is 10.5. The fourth-order valence-electron chi connectivity index (χ4n) is 3.06. The lowest BCUT2D eigenvalue weighted by Gasteiger charge is -2.23. The van der Waals surface area contributed by atoms with Crippen molar-refractivity contribution in [2.45, 2.75) is 33.7 Å². The highest BCUT2D eigenvalue weighted by Crippen LogP contribution is 2.28. The summed E-state index contributed by atoms with van der Waals surface area (Å²) in [6, 6.07) is 10.3. The number of rotatable bonds is 4. The first-order valence-electron chi connectivity index (χ1n) is 8.70. The van der Waals surface area contributed by atoms with Crippen molar-refractivity contribution < 1.29 is 0 Å². The molecule has 0 unspecified atom stereocenters. The molecule has 2 aromatic rings. The number of aromatic nitrogens is 2. The third kappa shape index (κ3) is 3.96. The van der Waals surface area contributed by atoms with Crippen molar-refractivity contribution in [1.82, 2.24) is 20.0 Å². The van der Waals surface area contributed by atoms with Crippen molar-refractivity contribution in [2.24, 2.45) is 10.4 Å². The fraction of sp³-hybridized carbons (Fsp3) is 0.474. The van der Waals surface area contributed by atoms with E-state index in [0.29, 0.717) is 12.0 Å². The van der Waals surface area contributed by atoms with Crippen LogP contribution in [0.15, 0.2) is 47.7 Å². The summed E-state index contributed by atoms with van der Waals surface area (Å²) >= 11 is 0. The average molecular weight is 325 g/mol. The minimum absolute atomic E-state index is 0.377. The van der Waals surface area contributed by atoms with Crippen molar-refractivity contribution in [1.29, 1.82) is 0 Å². The zero-order valence-electron chi connectivity index (χ0n) is 14.9. The summed E-state index contributed by atoms with van der Waals surface area (Å²) in [5, 5.41) is 7.68. The number of aliphatic imine (C=N–C) groups is 1. The summed E-state index contributed by atoms with van der Waals surface area (Å²) in [5.74, 6) is 1.03. The van der Waals surface area contributed by atoms with Crippen LogP contribution >= 0.6 is 0 Å². The molecule has 5 nitrogen and oxygen atoms in total. The van der Waals surface area contributed by atoms with Crippen LogP contribution in [-0.2, 0) is 6.54 Å². The molecule has 1 aromatic carbocycles. The summed E-state index contributed by atoms with van der Waals surface area (Å²) < 4.78 is 1.86. The number of nitrogens with zero attached hydrogens (tertiary/aromatic N) is 4. The number of hydrogen-bond donors (Lipinski definition) is 1. The molecule has 1 aliphatic rings. The van der Waals surface area contributed by atoms with Gasteiger partial charge in [0.2, 0.25) is 0 Å². The van der Waals surface area contributed by atoms with E-state index in [0.717, 1.165) is 31.3 Å². The molecule has 0 saturated carbocycles. The van der Waals surface area contributed by atoms with Crippen LogP contribution in [0.2, 0.25) is 0 Å². The lowest BCUT2D eigenvalue weighted by atomic mass is 9.93. The van der Waals surface area contributed by atoms with Crippen LogP contribution in [0.1, 0.15) is 32.8 Å². The Morgan fingerprint density at radius 1 is 1.29 bits per heavy atom. The van der Waals surface area contributed by atoms with E-state index in [1.165, 1.54) is 12.0 Å². The molecule has 0 radical (unpaired) electrons.